The largest absolute Gasteiger partial charge is 0.383 e. The molecule has 1 fully saturated rings. The van der Waals surface area contributed by atoms with Gasteiger partial charge in [0.05, 0.1) is 13.2 Å². The van der Waals surface area contributed by atoms with E-state index >= 15 is 0 Å². The fourth-order valence-corrected chi connectivity index (χ4v) is 2.46. The van der Waals surface area contributed by atoms with Gasteiger partial charge in [-0.1, -0.05) is 6.07 Å². The number of benzene rings is 1. The Hall–Kier alpha value is -1.06. The molecule has 0 aliphatic carbocycles. The number of nitrogens with one attached hydrogen (secondary N) is 2. The molecule has 18 heavy (non-hydrogen) atoms. The lowest BCUT2D eigenvalue weighted by atomic mass is 9.98. The second-order valence-corrected chi connectivity index (χ2v) is 5.24. The Morgan fingerprint density at radius 1 is 1.22 bits per heavy atom. The van der Waals surface area contributed by atoms with Crippen LogP contribution in [0, 0.1) is 27.7 Å². The highest BCUT2D eigenvalue weighted by Gasteiger charge is 2.14. The molecule has 0 bridgehead atoms. The summed E-state index contributed by atoms with van der Waals surface area (Å²) in [5.74, 6) is 0. The van der Waals surface area contributed by atoms with Crippen molar-refractivity contribution in [3.05, 3.63) is 28.3 Å². The van der Waals surface area contributed by atoms with Crippen molar-refractivity contribution in [2.24, 2.45) is 0 Å². The Balaban J connectivity index is 2.08. The summed E-state index contributed by atoms with van der Waals surface area (Å²) in [6.45, 7) is 12.2. The lowest BCUT2D eigenvalue weighted by Crippen LogP contribution is -2.45. The standard InChI is InChI=1S/C15H24N2O/c1-10-7-11(2)13(4)15(12(10)3)17-8-14-9-18-6-5-16-14/h7,14,16-17H,5-6,8-9H2,1-4H3. The highest BCUT2D eigenvalue weighted by atomic mass is 16.5. The van der Waals surface area contributed by atoms with E-state index in [0.29, 0.717) is 6.04 Å². The lowest BCUT2D eigenvalue weighted by Gasteiger charge is -2.26. The maximum absolute atomic E-state index is 5.48. The Labute approximate surface area is 110 Å². The molecule has 1 aromatic carbocycles. The van der Waals surface area contributed by atoms with Crippen LogP contribution >= 0.6 is 0 Å². The third-order valence-corrected chi connectivity index (χ3v) is 3.89. The molecular formula is C15H24N2O. The van der Waals surface area contributed by atoms with Gasteiger partial charge in [-0.25, -0.2) is 0 Å². The number of ether oxygens (including phenoxy) is 1. The molecule has 1 aromatic rings. The van der Waals surface area contributed by atoms with Crippen LogP contribution in [0.2, 0.25) is 0 Å². The summed E-state index contributed by atoms with van der Waals surface area (Å²) in [6, 6.07) is 2.68. The molecule has 2 N–H and O–H groups in total. The summed E-state index contributed by atoms with van der Waals surface area (Å²) in [6.07, 6.45) is 0. The van der Waals surface area contributed by atoms with Crippen molar-refractivity contribution < 1.29 is 4.74 Å². The summed E-state index contributed by atoms with van der Waals surface area (Å²) >= 11 is 0. The zero-order chi connectivity index (χ0) is 13.1. The molecule has 1 unspecified atom stereocenters. The van der Waals surface area contributed by atoms with Crippen LogP contribution in [0.1, 0.15) is 22.3 Å². The summed E-state index contributed by atoms with van der Waals surface area (Å²) in [5, 5.41) is 7.06. The third-order valence-electron chi connectivity index (χ3n) is 3.89. The molecule has 0 radical (unpaired) electrons. The monoisotopic (exact) mass is 248 g/mol. The molecule has 0 spiro atoms. The molecule has 1 aliphatic rings. The van der Waals surface area contributed by atoms with Gasteiger partial charge in [-0.15, -0.1) is 0 Å². The first kappa shape index (κ1) is 13.4. The van der Waals surface area contributed by atoms with Crippen molar-refractivity contribution in [3.8, 4) is 0 Å². The van der Waals surface area contributed by atoms with E-state index in [4.69, 9.17) is 4.74 Å². The van der Waals surface area contributed by atoms with Crippen molar-refractivity contribution >= 4 is 5.69 Å². The van der Waals surface area contributed by atoms with E-state index in [-0.39, 0.29) is 0 Å². The van der Waals surface area contributed by atoms with E-state index < -0.39 is 0 Å². The number of anilines is 1. The molecule has 1 saturated heterocycles. The maximum atomic E-state index is 5.48. The van der Waals surface area contributed by atoms with E-state index in [1.54, 1.807) is 0 Å². The van der Waals surface area contributed by atoms with Crippen molar-refractivity contribution in [2.45, 2.75) is 33.7 Å². The zero-order valence-corrected chi connectivity index (χ0v) is 11.9. The van der Waals surface area contributed by atoms with Crippen molar-refractivity contribution in [1.29, 1.82) is 0 Å². The van der Waals surface area contributed by atoms with Gasteiger partial charge in [0.2, 0.25) is 0 Å². The molecule has 1 atom stereocenters. The number of hydrogen-bond acceptors (Lipinski definition) is 3. The molecule has 2 rings (SSSR count). The van der Waals surface area contributed by atoms with Gasteiger partial charge in [-0.2, -0.15) is 0 Å². The Morgan fingerprint density at radius 2 is 1.89 bits per heavy atom. The normalized spacial score (nSPS) is 19.9. The zero-order valence-electron chi connectivity index (χ0n) is 11.9. The van der Waals surface area contributed by atoms with E-state index in [9.17, 15) is 0 Å². The van der Waals surface area contributed by atoms with Gasteiger partial charge < -0.3 is 15.4 Å². The van der Waals surface area contributed by atoms with E-state index in [1.165, 1.54) is 27.9 Å². The van der Waals surface area contributed by atoms with Gasteiger partial charge in [-0.3, -0.25) is 0 Å². The molecule has 0 saturated carbocycles. The van der Waals surface area contributed by atoms with Crippen LogP contribution in [0.3, 0.4) is 0 Å². The molecule has 3 heteroatoms. The smallest absolute Gasteiger partial charge is 0.0637 e. The van der Waals surface area contributed by atoms with Crippen molar-refractivity contribution in [2.75, 3.05) is 31.6 Å². The highest BCUT2D eigenvalue weighted by molar-refractivity contribution is 5.62. The van der Waals surface area contributed by atoms with Crippen LogP contribution in [0.25, 0.3) is 0 Å². The second-order valence-electron chi connectivity index (χ2n) is 5.24. The minimum Gasteiger partial charge on any atom is -0.383 e. The highest BCUT2D eigenvalue weighted by Crippen LogP contribution is 2.26. The Bertz CT molecular complexity index is 397. The first-order valence-corrected chi connectivity index (χ1v) is 6.72. The van der Waals surface area contributed by atoms with Crippen molar-refractivity contribution in [3.63, 3.8) is 0 Å². The van der Waals surface area contributed by atoms with Gasteiger partial charge in [0.25, 0.3) is 0 Å². The lowest BCUT2D eigenvalue weighted by molar-refractivity contribution is 0.0806. The van der Waals surface area contributed by atoms with Crippen LogP contribution in [0.4, 0.5) is 5.69 Å². The van der Waals surface area contributed by atoms with Gasteiger partial charge in [0.15, 0.2) is 0 Å². The van der Waals surface area contributed by atoms with Crippen LogP contribution in [0.5, 0.6) is 0 Å². The van der Waals surface area contributed by atoms with Crippen LogP contribution in [0.15, 0.2) is 6.07 Å². The van der Waals surface area contributed by atoms with Crippen LogP contribution in [-0.4, -0.2) is 32.3 Å². The predicted octanol–water partition coefficient (Wildman–Crippen LogP) is 2.32. The summed E-state index contributed by atoms with van der Waals surface area (Å²) in [4.78, 5) is 0. The third kappa shape index (κ3) is 2.85. The molecular weight excluding hydrogens is 224 g/mol. The van der Waals surface area contributed by atoms with Crippen LogP contribution < -0.4 is 10.6 Å². The average Bonchev–Trinajstić information content (AvgIpc) is 2.38. The maximum Gasteiger partial charge on any atom is 0.0637 e. The molecule has 1 aliphatic heterocycles. The number of aryl methyl sites for hydroxylation is 2. The van der Waals surface area contributed by atoms with Gasteiger partial charge >= 0.3 is 0 Å². The topological polar surface area (TPSA) is 33.3 Å². The number of morpholine rings is 1. The molecule has 0 aromatic heterocycles. The summed E-state index contributed by atoms with van der Waals surface area (Å²) in [5.41, 5.74) is 6.71. The van der Waals surface area contributed by atoms with E-state index in [0.717, 1.165) is 26.3 Å². The van der Waals surface area contributed by atoms with Gasteiger partial charge in [-0.05, 0) is 49.9 Å². The molecule has 0 amide bonds. The Morgan fingerprint density at radius 3 is 2.44 bits per heavy atom. The van der Waals surface area contributed by atoms with Gasteiger partial charge in [0.1, 0.15) is 0 Å². The average molecular weight is 248 g/mol. The summed E-state index contributed by atoms with van der Waals surface area (Å²) in [7, 11) is 0. The predicted molar refractivity (Wildman–Crippen MR) is 76.5 cm³/mol. The second kappa shape index (κ2) is 5.72. The van der Waals surface area contributed by atoms with E-state index in [2.05, 4.69) is 44.4 Å². The minimum absolute atomic E-state index is 0.415. The SMILES string of the molecule is Cc1cc(C)c(C)c(NCC2COCCN2)c1C. The number of rotatable bonds is 3. The first-order chi connectivity index (χ1) is 8.59. The molecule has 1 heterocycles. The minimum atomic E-state index is 0.415. The Kier molecular flexibility index (Phi) is 4.25. The fraction of sp³-hybridized carbons (Fsp3) is 0.600. The van der Waals surface area contributed by atoms with Crippen LogP contribution in [-0.2, 0) is 4.74 Å². The van der Waals surface area contributed by atoms with Gasteiger partial charge in [0, 0.05) is 24.8 Å². The quantitative estimate of drug-likeness (QED) is 0.861. The van der Waals surface area contributed by atoms with Crippen molar-refractivity contribution in [1.82, 2.24) is 5.32 Å². The molecule has 100 valence electrons. The summed E-state index contributed by atoms with van der Waals surface area (Å²) < 4.78 is 5.48. The number of hydrogen-bond donors (Lipinski definition) is 2. The fourth-order valence-electron chi connectivity index (χ4n) is 2.46. The van der Waals surface area contributed by atoms with E-state index in [1.807, 2.05) is 0 Å². The first-order valence-electron chi connectivity index (χ1n) is 6.72. The molecule has 3 nitrogen and oxygen atoms in total.